The standard InChI is InChI=1S/C39H35F2N5O5S/c1-24(2)23-50-33-12-14-46(28-7-4-26(40)5-8-28)39(48)36(33)38(47)44-27-6-10-32(29(41)19-27)51-34-11-13-42-31-20-35(52-37(31)34)30-9-3-25(21-43-30)22-45-15-17-49-18-16-45/h3-14,19-21,24H,15-18,22-23H2,1-2H3,(H,44,47). The molecule has 0 atom stereocenters. The molecule has 0 bridgehead atoms. The Labute approximate surface area is 302 Å². The maximum atomic E-state index is 15.5. The van der Waals surface area contributed by atoms with E-state index >= 15 is 4.39 Å². The Morgan fingerprint density at radius 3 is 2.50 bits per heavy atom. The predicted octanol–water partition coefficient (Wildman–Crippen LogP) is 7.70. The highest BCUT2D eigenvalue weighted by atomic mass is 32.1. The van der Waals surface area contributed by atoms with Crippen molar-refractivity contribution < 1.29 is 27.8 Å². The van der Waals surface area contributed by atoms with Crippen molar-refractivity contribution in [2.45, 2.75) is 20.4 Å². The number of rotatable bonds is 11. The number of hydrogen-bond donors (Lipinski definition) is 1. The molecule has 1 fully saturated rings. The number of ether oxygens (including phenoxy) is 3. The number of carbonyl (C=O) groups is 1. The molecule has 1 aliphatic rings. The fourth-order valence-corrected chi connectivity index (χ4v) is 6.73. The topological polar surface area (TPSA) is 108 Å². The molecule has 52 heavy (non-hydrogen) atoms. The lowest BCUT2D eigenvalue weighted by Gasteiger charge is -2.26. The molecule has 13 heteroatoms. The van der Waals surface area contributed by atoms with Crippen molar-refractivity contribution in [1.82, 2.24) is 19.4 Å². The fraction of sp³-hybridized carbons (Fsp3) is 0.231. The third-order valence-corrected chi connectivity index (χ3v) is 9.49. The molecule has 0 saturated carbocycles. The number of hydrogen-bond acceptors (Lipinski definition) is 9. The smallest absolute Gasteiger partial charge is 0.271 e. The predicted molar refractivity (Wildman–Crippen MR) is 196 cm³/mol. The number of amides is 1. The molecular formula is C39H35F2N5O5S. The highest BCUT2D eigenvalue weighted by Crippen LogP contribution is 2.39. The minimum absolute atomic E-state index is 0.0645. The first kappa shape index (κ1) is 34.9. The monoisotopic (exact) mass is 723 g/mol. The number of morpholine rings is 1. The van der Waals surface area contributed by atoms with E-state index in [2.05, 4.69) is 21.3 Å². The average Bonchev–Trinajstić information content (AvgIpc) is 3.58. The molecule has 1 saturated heterocycles. The summed E-state index contributed by atoms with van der Waals surface area (Å²) >= 11 is 1.44. The Morgan fingerprint density at radius 2 is 1.77 bits per heavy atom. The van der Waals surface area contributed by atoms with Gasteiger partial charge < -0.3 is 19.5 Å². The van der Waals surface area contributed by atoms with Gasteiger partial charge in [0, 0.05) is 61.7 Å². The van der Waals surface area contributed by atoms with Crippen LogP contribution in [0.5, 0.6) is 17.2 Å². The van der Waals surface area contributed by atoms with Gasteiger partial charge in [0.05, 0.1) is 40.6 Å². The van der Waals surface area contributed by atoms with E-state index in [1.54, 1.807) is 12.3 Å². The molecule has 4 aromatic heterocycles. The van der Waals surface area contributed by atoms with Crippen molar-refractivity contribution in [2.75, 3.05) is 38.2 Å². The van der Waals surface area contributed by atoms with E-state index in [9.17, 15) is 14.0 Å². The number of pyridine rings is 3. The van der Waals surface area contributed by atoms with Gasteiger partial charge in [-0.15, -0.1) is 11.3 Å². The first-order chi connectivity index (χ1) is 25.2. The number of nitrogens with one attached hydrogen (secondary N) is 1. The lowest BCUT2D eigenvalue weighted by molar-refractivity contribution is 0.0341. The van der Waals surface area contributed by atoms with Crippen LogP contribution in [0.4, 0.5) is 14.5 Å². The number of benzene rings is 2. The van der Waals surface area contributed by atoms with E-state index in [0.29, 0.717) is 17.0 Å². The largest absolute Gasteiger partial charge is 0.492 e. The van der Waals surface area contributed by atoms with Gasteiger partial charge in [-0.1, -0.05) is 19.9 Å². The van der Waals surface area contributed by atoms with Crippen LogP contribution in [0.1, 0.15) is 29.8 Å². The van der Waals surface area contributed by atoms with Crippen LogP contribution in [0.3, 0.4) is 0 Å². The number of nitrogens with zero attached hydrogens (tertiary/aromatic N) is 4. The van der Waals surface area contributed by atoms with Gasteiger partial charge in [-0.25, -0.2) is 8.78 Å². The van der Waals surface area contributed by atoms with Gasteiger partial charge in [0.2, 0.25) is 0 Å². The maximum Gasteiger partial charge on any atom is 0.271 e. The molecule has 0 spiro atoms. The SMILES string of the molecule is CC(C)COc1ccn(-c2ccc(F)cc2)c(=O)c1C(=O)Nc1ccc(Oc2ccnc3cc(-c4ccc(CN5CCOCC5)cn4)sc23)c(F)c1. The number of halogens is 2. The quantitative estimate of drug-likeness (QED) is 0.145. The van der Waals surface area contributed by atoms with Crippen LogP contribution >= 0.6 is 11.3 Å². The van der Waals surface area contributed by atoms with Crippen LogP contribution in [0.2, 0.25) is 0 Å². The summed E-state index contributed by atoms with van der Waals surface area (Å²) in [6.07, 6.45) is 4.94. The zero-order valence-corrected chi connectivity index (χ0v) is 29.3. The van der Waals surface area contributed by atoms with E-state index in [-0.39, 0.29) is 35.3 Å². The molecule has 2 aromatic carbocycles. The molecule has 1 aliphatic heterocycles. The Morgan fingerprint density at radius 1 is 0.962 bits per heavy atom. The van der Waals surface area contributed by atoms with Crippen LogP contribution in [-0.4, -0.2) is 58.3 Å². The summed E-state index contributed by atoms with van der Waals surface area (Å²) in [6, 6.07) is 18.4. The highest BCUT2D eigenvalue weighted by molar-refractivity contribution is 7.22. The summed E-state index contributed by atoms with van der Waals surface area (Å²) < 4.78 is 48.3. The van der Waals surface area contributed by atoms with E-state index in [0.717, 1.165) is 59.7 Å². The lowest BCUT2D eigenvalue weighted by Crippen LogP contribution is -2.35. The molecule has 7 rings (SSSR count). The van der Waals surface area contributed by atoms with E-state index < -0.39 is 23.1 Å². The first-order valence-corrected chi connectivity index (χ1v) is 17.6. The third-order valence-electron chi connectivity index (χ3n) is 8.33. The van der Waals surface area contributed by atoms with Gasteiger partial charge in [-0.05, 0) is 66.1 Å². The molecule has 266 valence electrons. The summed E-state index contributed by atoms with van der Waals surface area (Å²) in [5.74, 6) is -1.44. The Hall–Kier alpha value is -5.50. The van der Waals surface area contributed by atoms with Crippen LogP contribution in [0.15, 0.2) is 96.2 Å². The second kappa shape index (κ2) is 15.4. The third kappa shape index (κ3) is 7.86. The van der Waals surface area contributed by atoms with Crippen LogP contribution in [-0.2, 0) is 11.3 Å². The summed E-state index contributed by atoms with van der Waals surface area (Å²) in [5.41, 5.74) is 2.11. The molecule has 0 radical (unpaired) electrons. The molecule has 5 heterocycles. The molecule has 6 aromatic rings. The van der Waals surface area contributed by atoms with Crippen molar-refractivity contribution in [2.24, 2.45) is 5.92 Å². The number of carbonyl (C=O) groups excluding carboxylic acids is 1. The van der Waals surface area contributed by atoms with Crippen molar-refractivity contribution in [1.29, 1.82) is 0 Å². The number of anilines is 1. The molecule has 10 nitrogen and oxygen atoms in total. The van der Waals surface area contributed by atoms with Crippen molar-refractivity contribution in [3.05, 3.63) is 125 Å². The van der Waals surface area contributed by atoms with Crippen LogP contribution in [0, 0.1) is 17.6 Å². The van der Waals surface area contributed by atoms with E-state index in [1.807, 2.05) is 32.2 Å². The van der Waals surface area contributed by atoms with Crippen molar-refractivity contribution >= 4 is 33.1 Å². The summed E-state index contributed by atoms with van der Waals surface area (Å²) in [4.78, 5) is 39.5. The molecule has 1 N–H and O–H groups in total. The molecular weight excluding hydrogens is 689 g/mol. The number of fused-ring (bicyclic) bond motifs is 1. The Kier molecular flexibility index (Phi) is 10.3. The Balaban J connectivity index is 1.09. The highest BCUT2D eigenvalue weighted by Gasteiger charge is 2.22. The zero-order valence-electron chi connectivity index (χ0n) is 28.5. The van der Waals surface area contributed by atoms with Gasteiger partial charge in [0.25, 0.3) is 11.5 Å². The van der Waals surface area contributed by atoms with Crippen molar-refractivity contribution in [3.8, 4) is 33.5 Å². The number of thiophene rings is 1. The van der Waals surface area contributed by atoms with Gasteiger partial charge in [0.15, 0.2) is 11.6 Å². The van der Waals surface area contributed by atoms with Crippen LogP contribution in [0.25, 0.3) is 26.5 Å². The minimum Gasteiger partial charge on any atom is -0.492 e. The average molecular weight is 724 g/mol. The minimum atomic E-state index is -0.794. The van der Waals surface area contributed by atoms with Gasteiger partial charge in [-0.3, -0.25) is 29.0 Å². The summed E-state index contributed by atoms with van der Waals surface area (Å²) in [5, 5.41) is 2.61. The summed E-state index contributed by atoms with van der Waals surface area (Å²) in [6.45, 7) is 8.21. The van der Waals surface area contributed by atoms with E-state index in [1.165, 1.54) is 64.6 Å². The first-order valence-electron chi connectivity index (χ1n) is 16.8. The van der Waals surface area contributed by atoms with Crippen LogP contribution < -0.4 is 20.3 Å². The molecule has 0 aliphatic carbocycles. The Bertz CT molecular complexity index is 2270. The lowest BCUT2D eigenvalue weighted by atomic mass is 10.2. The van der Waals surface area contributed by atoms with Gasteiger partial charge >= 0.3 is 0 Å². The summed E-state index contributed by atoms with van der Waals surface area (Å²) in [7, 11) is 0. The second-order valence-corrected chi connectivity index (χ2v) is 13.7. The molecule has 1 amide bonds. The second-order valence-electron chi connectivity index (χ2n) is 12.7. The van der Waals surface area contributed by atoms with Gasteiger partial charge in [0.1, 0.15) is 22.9 Å². The zero-order chi connectivity index (χ0) is 36.2. The van der Waals surface area contributed by atoms with Crippen molar-refractivity contribution in [3.63, 3.8) is 0 Å². The maximum absolute atomic E-state index is 15.5. The fourth-order valence-electron chi connectivity index (χ4n) is 5.69. The van der Waals surface area contributed by atoms with E-state index in [4.69, 9.17) is 19.2 Å². The normalized spacial score (nSPS) is 13.4. The molecule has 0 unspecified atom stereocenters. The number of aromatic nitrogens is 3. The van der Waals surface area contributed by atoms with Gasteiger partial charge in [-0.2, -0.15) is 0 Å².